The normalized spacial score (nSPS) is 9.92. The molecule has 0 heterocycles. The number of nitrogens with zero attached hydrogens (tertiary/aromatic N) is 1. The van der Waals surface area contributed by atoms with Crippen LogP contribution in [-0.4, -0.2) is 18.6 Å². The first-order valence-electron chi connectivity index (χ1n) is 4.00. The Morgan fingerprint density at radius 2 is 2.00 bits per heavy atom. The lowest BCUT2D eigenvalue weighted by atomic mass is 10.1. The van der Waals surface area contributed by atoms with E-state index in [0.29, 0.717) is 12.3 Å². The van der Waals surface area contributed by atoms with Crippen LogP contribution in [0.25, 0.3) is 0 Å². The Bertz CT molecular complexity index is 282. The van der Waals surface area contributed by atoms with E-state index in [1.165, 1.54) is 0 Å². The molecular weight excluding hydrogens is 168 g/mol. The van der Waals surface area contributed by atoms with Gasteiger partial charge in [0.1, 0.15) is 0 Å². The molecule has 0 saturated heterocycles. The van der Waals surface area contributed by atoms with Gasteiger partial charge in [0.05, 0.1) is 6.61 Å². The van der Waals surface area contributed by atoms with Crippen molar-refractivity contribution in [3.05, 3.63) is 35.0 Å². The quantitative estimate of drug-likeness (QED) is 0.438. The third-order valence-electron chi connectivity index (χ3n) is 1.77. The van der Waals surface area contributed by atoms with Gasteiger partial charge in [0, 0.05) is 19.2 Å². The maximum absolute atomic E-state index is 10.5. The van der Waals surface area contributed by atoms with Crippen LogP contribution in [0.1, 0.15) is 5.56 Å². The Kier molecular flexibility index (Phi) is 3.40. The second-order valence-electron chi connectivity index (χ2n) is 2.70. The molecule has 0 spiro atoms. The highest BCUT2D eigenvalue weighted by atomic mass is 16.5. The van der Waals surface area contributed by atoms with E-state index in [-0.39, 0.29) is 4.86 Å². The molecule has 0 fully saturated rings. The molecule has 0 bridgehead atoms. The van der Waals surface area contributed by atoms with Crippen molar-refractivity contribution >= 4 is 5.69 Å². The second-order valence-corrected chi connectivity index (χ2v) is 2.70. The van der Waals surface area contributed by atoms with Crippen molar-refractivity contribution in [2.75, 3.05) is 13.7 Å². The van der Waals surface area contributed by atoms with Crippen LogP contribution in [-0.2, 0) is 11.2 Å². The topological polar surface area (TPSA) is 59.2 Å². The molecule has 0 radical (unpaired) electrons. The summed E-state index contributed by atoms with van der Waals surface area (Å²) in [5.74, 6) is 0. The highest BCUT2D eigenvalue weighted by molar-refractivity contribution is 5.32. The molecular formula is C9H12N2O2. The van der Waals surface area contributed by atoms with Gasteiger partial charge in [0.2, 0.25) is 5.69 Å². The predicted octanol–water partition coefficient (Wildman–Crippen LogP) is 2.05. The van der Waals surface area contributed by atoms with Crippen LogP contribution in [0, 0.1) is 10.7 Å². The number of hydrogen-bond donors (Lipinski definition) is 1. The largest absolute Gasteiger partial charge is 0.594 e. The molecule has 4 heteroatoms. The van der Waals surface area contributed by atoms with Gasteiger partial charge in [0.15, 0.2) is 0 Å². The molecule has 4 nitrogen and oxygen atoms in total. The van der Waals surface area contributed by atoms with Gasteiger partial charge in [0.25, 0.3) is 0 Å². The fourth-order valence-corrected chi connectivity index (χ4v) is 1.02. The van der Waals surface area contributed by atoms with Crippen molar-refractivity contribution in [3.63, 3.8) is 0 Å². The number of methoxy groups -OCH3 is 1. The minimum absolute atomic E-state index is 0.0973. The summed E-state index contributed by atoms with van der Waals surface area (Å²) in [5, 5.41) is 10.5. The Hall–Kier alpha value is -1.42. The summed E-state index contributed by atoms with van der Waals surface area (Å²) >= 11 is 0. The van der Waals surface area contributed by atoms with Crippen LogP contribution in [0.15, 0.2) is 24.3 Å². The van der Waals surface area contributed by atoms with Crippen LogP contribution >= 0.6 is 0 Å². The standard InChI is InChI=1S/C9H12N2O2/c1-13-7-6-8-2-4-9(5-3-8)11(10)12/h2-5,10H,6-7H2,1H3. The minimum Gasteiger partial charge on any atom is -0.594 e. The number of nitrogens with one attached hydrogen (secondary N) is 1. The van der Waals surface area contributed by atoms with Crippen molar-refractivity contribution in [1.82, 2.24) is 0 Å². The Morgan fingerprint density at radius 1 is 1.38 bits per heavy atom. The number of benzene rings is 1. The van der Waals surface area contributed by atoms with E-state index < -0.39 is 0 Å². The van der Waals surface area contributed by atoms with Crippen molar-refractivity contribution in [3.8, 4) is 0 Å². The highest BCUT2D eigenvalue weighted by Crippen LogP contribution is 2.11. The molecule has 1 N–H and O–H groups in total. The third kappa shape index (κ3) is 2.83. The van der Waals surface area contributed by atoms with Gasteiger partial charge in [-0.05, 0) is 17.5 Å². The monoisotopic (exact) mass is 180 g/mol. The zero-order chi connectivity index (χ0) is 9.68. The number of ether oxygens (including phenoxy) is 1. The summed E-state index contributed by atoms with van der Waals surface area (Å²) in [6.07, 6.45) is 0.827. The lowest BCUT2D eigenvalue weighted by Crippen LogP contribution is -1.94. The van der Waals surface area contributed by atoms with Crippen LogP contribution in [0.2, 0.25) is 0 Å². The Morgan fingerprint density at radius 3 is 2.46 bits per heavy atom. The van der Waals surface area contributed by atoms with Crippen molar-refractivity contribution in [2.24, 2.45) is 0 Å². The predicted molar refractivity (Wildman–Crippen MR) is 48.0 cm³/mol. The highest BCUT2D eigenvalue weighted by Gasteiger charge is 1.99. The molecule has 0 saturated carbocycles. The smallest absolute Gasteiger partial charge is 0.244 e. The van der Waals surface area contributed by atoms with Gasteiger partial charge < -0.3 is 9.94 Å². The van der Waals surface area contributed by atoms with Crippen molar-refractivity contribution < 1.29 is 9.60 Å². The molecule has 0 unspecified atom stereocenters. The molecule has 1 aromatic rings. The average Bonchev–Trinajstić information content (AvgIpc) is 2.15. The molecule has 1 rings (SSSR count). The zero-order valence-electron chi connectivity index (χ0n) is 7.49. The Labute approximate surface area is 76.8 Å². The lowest BCUT2D eigenvalue weighted by Gasteiger charge is -2.00. The molecule has 0 aromatic heterocycles. The molecule has 13 heavy (non-hydrogen) atoms. The molecule has 70 valence electrons. The molecule has 0 aliphatic carbocycles. The van der Waals surface area contributed by atoms with E-state index >= 15 is 0 Å². The van der Waals surface area contributed by atoms with E-state index in [9.17, 15) is 5.21 Å². The van der Waals surface area contributed by atoms with Crippen LogP contribution in [0.3, 0.4) is 0 Å². The molecule has 1 aromatic carbocycles. The van der Waals surface area contributed by atoms with E-state index in [0.717, 1.165) is 12.0 Å². The summed E-state index contributed by atoms with van der Waals surface area (Å²) in [6, 6.07) is 6.91. The Balaban J connectivity index is 2.64. The number of hydrogen-bond acceptors (Lipinski definition) is 3. The summed E-state index contributed by atoms with van der Waals surface area (Å²) < 4.78 is 4.91. The van der Waals surface area contributed by atoms with Crippen molar-refractivity contribution in [1.29, 1.82) is 5.53 Å². The van der Waals surface area contributed by atoms with Gasteiger partial charge in [-0.2, -0.15) is 0 Å². The summed E-state index contributed by atoms with van der Waals surface area (Å²) in [6.45, 7) is 0.668. The van der Waals surface area contributed by atoms with Gasteiger partial charge in [-0.25, -0.2) is 0 Å². The summed E-state index contributed by atoms with van der Waals surface area (Å²) in [7, 11) is 1.65. The van der Waals surface area contributed by atoms with Gasteiger partial charge >= 0.3 is 0 Å². The van der Waals surface area contributed by atoms with Crippen molar-refractivity contribution in [2.45, 2.75) is 6.42 Å². The maximum atomic E-state index is 10.5. The van der Waals surface area contributed by atoms with E-state index in [2.05, 4.69) is 0 Å². The average molecular weight is 180 g/mol. The first-order valence-corrected chi connectivity index (χ1v) is 4.00. The zero-order valence-corrected chi connectivity index (χ0v) is 7.49. The van der Waals surface area contributed by atoms with E-state index in [4.69, 9.17) is 10.3 Å². The second kappa shape index (κ2) is 4.57. The molecule has 0 aliphatic rings. The molecule has 0 amide bonds. The third-order valence-corrected chi connectivity index (χ3v) is 1.77. The van der Waals surface area contributed by atoms with Crippen LogP contribution < -0.4 is 0 Å². The van der Waals surface area contributed by atoms with Gasteiger partial charge in [-0.15, -0.1) is 0 Å². The van der Waals surface area contributed by atoms with E-state index in [1.807, 2.05) is 12.1 Å². The minimum atomic E-state index is 0.0973. The lowest BCUT2D eigenvalue weighted by molar-refractivity contribution is -0.465. The fourth-order valence-electron chi connectivity index (χ4n) is 1.02. The fraction of sp³-hybridized carbons (Fsp3) is 0.333. The van der Waals surface area contributed by atoms with E-state index in [1.54, 1.807) is 19.2 Å². The first-order chi connectivity index (χ1) is 6.24. The van der Waals surface area contributed by atoms with Gasteiger partial charge in [-0.1, -0.05) is 17.0 Å². The summed E-state index contributed by atoms with van der Waals surface area (Å²) in [4.78, 5) is 0.0973. The van der Waals surface area contributed by atoms with Crippen LogP contribution in [0.5, 0.6) is 0 Å². The SMILES string of the molecule is COCCc1ccc([N+](=N)[O-])cc1. The maximum Gasteiger partial charge on any atom is 0.244 e. The molecule has 0 atom stereocenters. The molecule has 0 aliphatic heterocycles. The van der Waals surface area contributed by atoms with Gasteiger partial charge in [-0.3, -0.25) is 0 Å². The van der Waals surface area contributed by atoms with Crippen LogP contribution in [0.4, 0.5) is 5.69 Å². The first kappa shape index (κ1) is 9.67. The number of rotatable bonds is 4. The summed E-state index contributed by atoms with van der Waals surface area (Å²) in [5.41, 5.74) is 8.23.